The first-order valence-electron chi connectivity index (χ1n) is 9.30. The number of benzene rings is 1. The van der Waals surface area contributed by atoms with E-state index in [0.29, 0.717) is 18.8 Å². The quantitative estimate of drug-likeness (QED) is 0.664. The minimum Gasteiger partial charge on any atom is -0.497 e. The van der Waals surface area contributed by atoms with Gasteiger partial charge in [-0.25, -0.2) is 0 Å². The monoisotopic (exact) mass is 390 g/mol. The summed E-state index contributed by atoms with van der Waals surface area (Å²) in [6, 6.07) is 7.76. The van der Waals surface area contributed by atoms with E-state index in [1.807, 2.05) is 31.2 Å². The summed E-state index contributed by atoms with van der Waals surface area (Å²) in [5, 5.41) is 12.4. The second-order valence-electron chi connectivity index (χ2n) is 6.42. The number of nitrogens with one attached hydrogen (secondary N) is 1. The summed E-state index contributed by atoms with van der Waals surface area (Å²) in [6.45, 7) is 4.21. The maximum Gasteiger partial charge on any atom is 0.230 e. The van der Waals surface area contributed by atoms with E-state index >= 15 is 0 Å². The standard InChI is InChI=1S/C19H26N4O3S/c1-3-10-20-17(24)13-27-19-22-21-18(14-6-8-15(25-2)9-7-14)23(19)12-16-5-4-11-26-16/h6-9,16H,3-5,10-13H2,1-2H3,(H,20,24)/t16-/m1/s1. The lowest BCUT2D eigenvalue weighted by Gasteiger charge is -2.15. The zero-order valence-electron chi connectivity index (χ0n) is 15.8. The molecule has 0 bridgehead atoms. The van der Waals surface area contributed by atoms with E-state index in [4.69, 9.17) is 9.47 Å². The second kappa shape index (κ2) is 9.75. The van der Waals surface area contributed by atoms with Gasteiger partial charge in [0.15, 0.2) is 11.0 Å². The molecule has 1 atom stereocenters. The number of nitrogens with zero attached hydrogens (tertiary/aromatic N) is 3. The molecule has 1 amide bonds. The lowest BCUT2D eigenvalue weighted by atomic mass is 10.2. The second-order valence-corrected chi connectivity index (χ2v) is 7.36. The van der Waals surface area contributed by atoms with Crippen LogP contribution in [0.15, 0.2) is 29.4 Å². The van der Waals surface area contributed by atoms with Gasteiger partial charge in [-0.1, -0.05) is 18.7 Å². The number of hydrogen-bond acceptors (Lipinski definition) is 6. The number of aromatic nitrogens is 3. The van der Waals surface area contributed by atoms with Crippen molar-refractivity contribution in [2.24, 2.45) is 0 Å². The van der Waals surface area contributed by atoms with Gasteiger partial charge in [0.05, 0.1) is 25.5 Å². The van der Waals surface area contributed by atoms with Crippen LogP contribution in [0.4, 0.5) is 0 Å². The van der Waals surface area contributed by atoms with Crippen LogP contribution in [-0.2, 0) is 16.1 Å². The van der Waals surface area contributed by atoms with E-state index in [1.54, 1.807) is 7.11 Å². The average molecular weight is 391 g/mol. The van der Waals surface area contributed by atoms with Crippen molar-refractivity contribution >= 4 is 17.7 Å². The highest BCUT2D eigenvalue weighted by molar-refractivity contribution is 7.99. The Morgan fingerprint density at radius 2 is 2.19 bits per heavy atom. The first-order chi connectivity index (χ1) is 13.2. The molecule has 1 aromatic carbocycles. The third-order valence-corrected chi connectivity index (χ3v) is 5.35. The zero-order valence-corrected chi connectivity index (χ0v) is 16.6. The van der Waals surface area contributed by atoms with Crippen molar-refractivity contribution in [2.75, 3.05) is 26.0 Å². The fourth-order valence-corrected chi connectivity index (χ4v) is 3.73. The molecule has 2 aromatic rings. The Bertz CT molecular complexity index is 742. The molecule has 2 heterocycles. The fraction of sp³-hybridized carbons (Fsp3) is 0.526. The van der Waals surface area contributed by atoms with E-state index in [-0.39, 0.29) is 12.0 Å². The molecule has 0 unspecified atom stereocenters. The van der Waals surface area contributed by atoms with Crippen LogP contribution in [0.25, 0.3) is 11.4 Å². The normalized spacial score (nSPS) is 16.4. The number of amides is 1. The Balaban J connectivity index is 1.79. The van der Waals surface area contributed by atoms with Crippen molar-refractivity contribution in [2.45, 2.75) is 44.0 Å². The van der Waals surface area contributed by atoms with Crippen LogP contribution < -0.4 is 10.1 Å². The maximum absolute atomic E-state index is 12.0. The van der Waals surface area contributed by atoms with Gasteiger partial charge in [0.2, 0.25) is 5.91 Å². The number of hydrogen-bond donors (Lipinski definition) is 1. The lowest BCUT2D eigenvalue weighted by molar-refractivity contribution is -0.118. The van der Waals surface area contributed by atoms with Crippen molar-refractivity contribution in [1.82, 2.24) is 20.1 Å². The predicted octanol–water partition coefficient (Wildman–Crippen LogP) is 2.75. The Morgan fingerprint density at radius 1 is 1.37 bits per heavy atom. The van der Waals surface area contributed by atoms with Crippen molar-refractivity contribution < 1.29 is 14.3 Å². The maximum atomic E-state index is 12.0. The summed E-state index contributed by atoms with van der Waals surface area (Å²) in [5.41, 5.74) is 0.962. The van der Waals surface area contributed by atoms with Crippen molar-refractivity contribution in [3.8, 4) is 17.1 Å². The highest BCUT2D eigenvalue weighted by Crippen LogP contribution is 2.27. The Labute approximate surface area is 163 Å². The van der Waals surface area contributed by atoms with Gasteiger partial charge in [-0.2, -0.15) is 0 Å². The summed E-state index contributed by atoms with van der Waals surface area (Å²) in [4.78, 5) is 12.0. The molecular weight excluding hydrogens is 364 g/mol. The van der Waals surface area contributed by atoms with E-state index < -0.39 is 0 Å². The molecular formula is C19H26N4O3S. The van der Waals surface area contributed by atoms with Gasteiger partial charge in [-0.05, 0) is 43.5 Å². The molecule has 1 fully saturated rings. The summed E-state index contributed by atoms with van der Waals surface area (Å²) < 4.78 is 13.1. The third-order valence-electron chi connectivity index (χ3n) is 4.38. The molecule has 1 aromatic heterocycles. The third kappa shape index (κ3) is 5.23. The summed E-state index contributed by atoms with van der Waals surface area (Å²) >= 11 is 1.41. The Morgan fingerprint density at radius 3 is 2.85 bits per heavy atom. The molecule has 1 aliphatic heterocycles. The first-order valence-corrected chi connectivity index (χ1v) is 10.3. The van der Waals surface area contributed by atoms with E-state index in [2.05, 4.69) is 20.1 Å². The molecule has 0 spiro atoms. The lowest BCUT2D eigenvalue weighted by Crippen LogP contribution is -2.26. The smallest absolute Gasteiger partial charge is 0.230 e. The fourth-order valence-electron chi connectivity index (χ4n) is 2.95. The van der Waals surface area contributed by atoms with Gasteiger partial charge in [-0.3, -0.25) is 9.36 Å². The number of methoxy groups -OCH3 is 1. The zero-order chi connectivity index (χ0) is 19.1. The van der Waals surface area contributed by atoms with Gasteiger partial charge < -0.3 is 14.8 Å². The molecule has 7 nitrogen and oxygen atoms in total. The highest BCUT2D eigenvalue weighted by atomic mass is 32.2. The van der Waals surface area contributed by atoms with Gasteiger partial charge in [0.25, 0.3) is 0 Å². The SMILES string of the molecule is CCCNC(=O)CSc1nnc(-c2ccc(OC)cc2)n1C[C@H]1CCCO1. The van der Waals surface area contributed by atoms with Gasteiger partial charge in [-0.15, -0.1) is 10.2 Å². The number of ether oxygens (including phenoxy) is 2. The van der Waals surface area contributed by atoms with Crippen LogP contribution in [-0.4, -0.2) is 52.8 Å². The van der Waals surface area contributed by atoms with Crippen molar-refractivity contribution in [1.29, 1.82) is 0 Å². The summed E-state index contributed by atoms with van der Waals surface area (Å²) in [6.07, 6.45) is 3.19. The molecule has 27 heavy (non-hydrogen) atoms. The topological polar surface area (TPSA) is 78.3 Å². The summed E-state index contributed by atoms with van der Waals surface area (Å²) in [5.74, 6) is 1.92. The minimum atomic E-state index is 0.0134. The largest absolute Gasteiger partial charge is 0.497 e. The average Bonchev–Trinajstić information content (AvgIpc) is 3.35. The molecule has 0 saturated carbocycles. The Hall–Kier alpha value is -2.06. The molecule has 0 aliphatic carbocycles. The van der Waals surface area contributed by atoms with Crippen LogP contribution in [0.3, 0.4) is 0 Å². The van der Waals surface area contributed by atoms with Crippen molar-refractivity contribution in [3.05, 3.63) is 24.3 Å². The minimum absolute atomic E-state index is 0.0134. The number of carbonyl (C=O) groups is 1. The van der Waals surface area contributed by atoms with Gasteiger partial charge in [0.1, 0.15) is 5.75 Å². The Kier molecular flexibility index (Phi) is 7.11. The van der Waals surface area contributed by atoms with Crippen LogP contribution in [0, 0.1) is 0 Å². The van der Waals surface area contributed by atoms with Crippen LogP contribution >= 0.6 is 11.8 Å². The molecule has 3 rings (SSSR count). The molecule has 8 heteroatoms. The van der Waals surface area contributed by atoms with Crippen molar-refractivity contribution in [3.63, 3.8) is 0 Å². The van der Waals surface area contributed by atoms with Crippen LogP contribution in [0.2, 0.25) is 0 Å². The molecule has 1 saturated heterocycles. The van der Waals surface area contributed by atoms with Gasteiger partial charge >= 0.3 is 0 Å². The number of carbonyl (C=O) groups excluding carboxylic acids is 1. The van der Waals surface area contributed by atoms with E-state index in [1.165, 1.54) is 11.8 Å². The highest BCUT2D eigenvalue weighted by Gasteiger charge is 2.22. The predicted molar refractivity (Wildman–Crippen MR) is 105 cm³/mol. The van der Waals surface area contributed by atoms with Gasteiger partial charge in [0, 0.05) is 18.7 Å². The first kappa shape index (κ1) is 19.7. The molecule has 1 N–H and O–H groups in total. The van der Waals surface area contributed by atoms with E-state index in [0.717, 1.165) is 48.2 Å². The van der Waals surface area contributed by atoms with Crippen LogP contribution in [0.5, 0.6) is 5.75 Å². The molecule has 1 aliphatic rings. The molecule has 0 radical (unpaired) electrons. The van der Waals surface area contributed by atoms with E-state index in [9.17, 15) is 4.79 Å². The number of thioether (sulfide) groups is 1. The van der Waals surface area contributed by atoms with Crippen LogP contribution in [0.1, 0.15) is 26.2 Å². The summed E-state index contributed by atoms with van der Waals surface area (Å²) in [7, 11) is 1.65. The molecule has 146 valence electrons. The number of rotatable bonds is 9.